The minimum Gasteiger partial charge on any atom is -0.382 e. The van der Waals surface area contributed by atoms with Crippen molar-refractivity contribution in [3.63, 3.8) is 0 Å². The van der Waals surface area contributed by atoms with Gasteiger partial charge >= 0.3 is 0 Å². The van der Waals surface area contributed by atoms with Gasteiger partial charge in [-0.15, -0.1) is 0 Å². The largest absolute Gasteiger partial charge is 0.382 e. The van der Waals surface area contributed by atoms with Gasteiger partial charge < -0.3 is 5.11 Å². The lowest BCUT2D eigenvalue weighted by atomic mass is 10.0. The summed E-state index contributed by atoms with van der Waals surface area (Å²) in [6.07, 6.45) is 13.2. The molecule has 0 saturated carbocycles. The van der Waals surface area contributed by atoms with Gasteiger partial charge in [0.05, 0.1) is 5.60 Å². The third-order valence-electron chi connectivity index (χ3n) is 3.16. The highest BCUT2D eigenvalue weighted by atomic mass is 16.3. The number of ketones is 1. The number of carbonyl (C=O) groups excluding carboxylic acids is 1. The van der Waals surface area contributed by atoms with Gasteiger partial charge in [-0.25, -0.2) is 0 Å². The van der Waals surface area contributed by atoms with Crippen LogP contribution in [0.4, 0.5) is 0 Å². The van der Waals surface area contributed by atoms with E-state index in [1.54, 1.807) is 19.1 Å². The molecule has 0 saturated heterocycles. The summed E-state index contributed by atoms with van der Waals surface area (Å²) in [5, 5.41) is 9.75. The van der Waals surface area contributed by atoms with Crippen molar-refractivity contribution in [1.29, 1.82) is 0 Å². The maximum atomic E-state index is 11.7. The third-order valence-corrected chi connectivity index (χ3v) is 3.16. The van der Waals surface area contributed by atoms with Crippen LogP contribution < -0.4 is 0 Å². The molecule has 1 N–H and O–H groups in total. The second-order valence-corrected chi connectivity index (χ2v) is 6.26. The van der Waals surface area contributed by atoms with E-state index in [0.29, 0.717) is 6.42 Å². The molecule has 0 heterocycles. The monoisotopic (exact) mass is 302 g/mol. The topological polar surface area (TPSA) is 37.3 Å². The fraction of sp³-hybridized carbons (Fsp3) is 0.450. The molecule has 0 aromatic heterocycles. The molecule has 0 spiro atoms. The Labute approximate surface area is 135 Å². The number of aliphatic hydroxyl groups is 1. The molecular weight excluding hydrogens is 272 g/mol. The number of hydrogen-bond acceptors (Lipinski definition) is 2. The number of allylic oxidation sites excluding steroid dienone is 7. The maximum absolute atomic E-state index is 11.7. The summed E-state index contributed by atoms with van der Waals surface area (Å²) in [4.78, 5) is 11.7. The van der Waals surface area contributed by atoms with E-state index in [0.717, 1.165) is 24.0 Å². The van der Waals surface area contributed by atoms with Crippen molar-refractivity contribution in [2.45, 2.75) is 59.5 Å². The Morgan fingerprint density at radius 3 is 2.36 bits per heavy atom. The fourth-order valence-electron chi connectivity index (χ4n) is 1.82. The van der Waals surface area contributed by atoms with Crippen LogP contribution in [-0.4, -0.2) is 16.5 Å². The van der Waals surface area contributed by atoms with Crippen molar-refractivity contribution < 1.29 is 9.90 Å². The lowest BCUT2D eigenvalue weighted by Crippen LogP contribution is -2.15. The van der Waals surface area contributed by atoms with Gasteiger partial charge in [0.2, 0.25) is 0 Å². The molecule has 0 aromatic carbocycles. The Hall–Kier alpha value is -1.67. The molecule has 0 aliphatic carbocycles. The smallest absolute Gasteiger partial charge is 0.159 e. The van der Waals surface area contributed by atoms with Gasteiger partial charge in [-0.3, -0.25) is 4.79 Å². The lowest BCUT2D eigenvalue weighted by Gasteiger charge is -2.11. The van der Waals surface area contributed by atoms with Gasteiger partial charge in [0, 0.05) is 6.42 Å². The van der Waals surface area contributed by atoms with E-state index >= 15 is 0 Å². The molecule has 0 aromatic rings. The standard InChI is InChI=1S/C20H30O2/c1-7-20(6,22)13-9-12-17(4)10-8-11-18(5)15-19(21)14-16(2)3/h7,9,11-14,22H,1,8,10,15H2,2-6H3/b13-9+,17-12+,18-11+. The van der Waals surface area contributed by atoms with Gasteiger partial charge in [0.1, 0.15) is 0 Å². The molecule has 0 radical (unpaired) electrons. The van der Waals surface area contributed by atoms with Gasteiger partial charge in [-0.1, -0.05) is 47.6 Å². The molecule has 0 bridgehead atoms. The Morgan fingerprint density at radius 1 is 1.18 bits per heavy atom. The number of carbonyl (C=O) groups is 1. The highest BCUT2D eigenvalue weighted by Crippen LogP contribution is 2.11. The Bertz CT molecular complexity index is 496. The van der Waals surface area contributed by atoms with Crippen LogP contribution in [-0.2, 0) is 4.79 Å². The molecule has 22 heavy (non-hydrogen) atoms. The minimum absolute atomic E-state index is 0.163. The Kier molecular flexibility index (Phi) is 9.35. The minimum atomic E-state index is -0.960. The summed E-state index contributed by atoms with van der Waals surface area (Å²) in [7, 11) is 0. The van der Waals surface area contributed by atoms with Crippen LogP contribution in [0.1, 0.15) is 53.9 Å². The molecule has 1 atom stereocenters. The van der Waals surface area contributed by atoms with Crippen LogP contribution in [0.15, 0.2) is 59.8 Å². The van der Waals surface area contributed by atoms with Gasteiger partial charge in [0.25, 0.3) is 0 Å². The average Bonchev–Trinajstić information content (AvgIpc) is 2.37. The molecule has 2 nitrogen and oxygen atoms in total. The Morgan fingerprint density at radius 2 is 1.82 bits per heavy atom. The highest BCUT2D eigenvalue weighted by Gasteiger charge is 2.07. The van der Waals surface area contributed by atoms with Crippen molar-refractivity contribution in [2.24, 2.45) is 0 Å². The summed E-state index contributed by atoms with van der Waals surface area (Å²) in [5.41, 5.74) is 2.42. The second kappa shape index (κ2) is 10.1. The van der Waals surface area contributed by atoms with E-state index in [1.165, 1.54) is 11.6 Å². The second-order valence-electron chi connectivity index (χ2n) is 6.26. The summed E-state index contributed by atoms with van der Waals surface area (Å²) < 4.78 is 0. The molecule has 122 valence electrons. The van der Waals surface area contributed by atoms with E-state index in [1.807, 2.05) is 32.9 Å². The van der Waals surface area contributed by atoms with Gasteiger partial charge in [-0.2, -0.15) is 0 Å². The highest BCUT2D eigenvalue weighted by molar-refractivity contribution is 5.91. The summed E-state index contributed by atoms with van der Waals surface area (Å²) in [6, 6.07) is 0. The van der Waals surface area contributed by atoms with Crippen molar-refractivity contribution in [3.8, 4) is 0 Å². The molecular formula is C20H30O2. The van der Waals surface area contributed by atoms with Gasteiger partial charge in [0.15, 0.2) is 5.78 Å². The molecule has 1 unspecified atom stereocenters. The SMILES string of the molecule is C=CC(C)(O)/C=C/C=C(\C)CC/C=C(\C)CC(=O)C=C(C)C. The van der Waals surface area contributed by atoms with Crippen LogP contribution in [0, 0.1) is 0 Å². The molecule has 0 fully saturated rings. The van der Waals surface area contributed by atoms with E-state index < -0.39 is 5.60 Å². The first-order valence-electron chi connectivity index (χ1n) is 7.70. The van der Waals surface area contributed by atoms with Crippen molar-refractivity contribution in [1.82, 2.24) is 0 Å². The average molecular weight is 302 g/mol. The van der Waals surface area contributed by atoms with E-state index in [-0.39, 0.29) is 5.78 Å². The van der Waals surface area contributed by atoms with E-state index in [9.17, 15) is 9.90 Å². The predicted molar refractivity (Wildman–Crippen MR) is 95.8 cm³/mol. The number of rotatable bonds is 9. The maximum Gasteiger partial charge on any atom is 0.159 e. The first-order chi connectivity index (χ1) is 10.2. The normalized spacial score (nSPS) is 15.5. The quantitative estimate of drug-likeness (QED) is 0.366. The molecule has 0 aliphatic heterocycles. The van der Waals surface area contributed by atoms with Crippen LogP contribution in [0.25, 0.3) is 0 Å². The lowest BCUT2D eigenvalue weighted by molar-refractivity contribution is -0.114. The van der Waals surface area contributed by atoms with Crippen molar-refractivity contribution >= 4 is 5.78 Å². The van der Waals surface area contributed by atoms with Gasteiger partial charge in [-0.05, 0) is 59.6 Å². The summed E-state index contributed by atoms with van der Waals surface area (Å²) >= 11 is 0. The van der Waals surface area contributed by atoms with Crippen molar-refractivity contribution in [3.05, 3.63) is 59.8 Å². The zero-order valence-corrected chi connectivity index (χ0v) is 14.6. The van der Waals surface area contributed by atoms with Crippen LogP contribution >= 0.6 is 0 Å². The fourth-order valence-corrected chi connectivity index (χ4v) is 1.82. The molecule has 0 amide bonds. The summed E-state index contributed by atoms with van der Waals surface area (Å²) in [6.45, 7) is 13.2. The molecule has 2 heteroatoms. The third kappa shape index (κ3) is 11.0. The number of hydrogen-bond donors (Lipinski definition) is 1. The zero-order valence-electron chi connectivity index (χ0n) is 14.6. The molecule has 0 aliphatic rings. The predicted octanol–water partition coefficient (Wildman–Crippen LogP) is 5.08. The van der Waals surface area contributed by atoms with E-state index in [2.05, 4.69) is 19.6 Å². The zero-order chi connectivity index (χ0) is 17.2. The van der Waals surface area contributed by atoms with Crippen LogP contribution in [0.5, 0.6) is 0 Å². The van der Waals surface area contributed by atoms with E-state index in [4.69, 9.17) is 0 Å². The Balaban J connectivity index is 4.33. The van der Waals surface area contributed by atoms with Crippen molar-refractivity contribution in [2.75, 3.05) is 0 Å². The van der Waals surface area contributed by atoms with Crippen LogP contribution in [0.2, 0.25) is 0 Å². The van der Waals surface area contributed by atoms with Crippen LogP contribution in [0.3, 0.4) is 0 Å². The first-order valence-corrected chi connectivity index (χ1v) is 7.70. The first kappa shape index (κ1) is 20.3. The summed E-state index contributed by atoms with van der Waals surface area (Å²) in [5.74, 6) is 0.163. The molecule has 0 rings (SSSR count).